The number of benzene rings is 3. The van der Waals surface area contributed by atoms with Crippen LogP contribution in [0, 0.1) is 0 Å². The summed E-state index contributed by atoms with van der Waals surface area (Å²) in [6.45, 7) is 1.90. The van der Waals surface area contributed by atoms with E-state index in [2.05, 4.69) is 91.0 Å². The Hall–Kier alpha value is -1.95. The molecule has 0 heterocycles. The summed E-state index contributed by atoms with van der Waals surface area (Å²) in [4.78, 5) is 0. The summed E-state index contributed by atoms with van der Waals surface area (Å²) >= 11 is 0. The zero-order valence-corrected chi connectivity index (χ0v) is 14.4. The molecule has 3 rings (SSSR count). The molecule has 0 aliphatic heterocycles. The zero-order valence-electron chi connectivity index (χ0n) is 13.4. The van der Waals surface area contributed by atoms with E-state index >= 15 is 0 Å². The Bertz CT molecular complexity index is 627. The van der Waals surface area contributed by atoms with Crippen LogP contribution in [0.1, 0.15) is 6.92 Å². The Morgan fingerprint density at radius 2 is 0.957 bits per heavy atom. The van der Waals surface area contributed by atoms with Gasteiger partial charge in [-0.1, -0.05) is 0 Å². The summed E-state index contributed by atoms with van der Waals surface area (Å²) in [5, 5.41) is 14.3. The predicted octanol–water partition coefficient (Wildman–Crippen LogP) is 3.09. The molecule has 0 radical (unpaired) electrons. The van der Waals surface area contributed by atoms with Crippen LogP contribution in [0.15, 0.2) is 91.0 Å². The van der Waals surface area contributed by atoms with Crippen LogP contribution in [0.25, 0.3) is 0 Å². The van der Waals surface area contributed by atoms with Gasteiger partial charge in [-0.3, -0.25) is 0 Å². The summed E-state index contributed by atoms with van der Waals surface area (Å²) in [7, 11) is -2.24. The maximum absolute atomic E-state index is 10.3. The predicted molar refractivity (Wildman–Crippen MR) is 103 cm³/mol. The summed E-state index contributed by atoms with van der Waals surface area (Å²) in [6, 6.07) is 32.1. The van der Waals surface area contributed by atoms with Crippen LogP contribution in [0.3, 0.4) is 0 Å². The van der Waals surface area contributed by atoms with Crippen LogP contribution in [-0.4, -0.2) is 17.4 Å². The first-order valence-corrected chi connectivity index (χ1v) is 10.3. The van der Waals surface area contributed by atoms with Crippen LogP contribution >= 0.6 is 7.26 Å². The van der Waals surface area contributed by atoms with E-state index in [9.17, 15) is 5.11 Å². The van der Waals surface area contributed by atoms with Crippen molar-refractivity contribution >= 4 is 23.2 Å². The van der Waals surface area contributed by atoms with Crippen LogP contribution in [0.5, 0.6) is 0 Å². The standard InChI is InChI=1S/C21H23OP/c1-18(22)17-23(19-11-5-2-6-12-19,20-13-7-3-8-14-20)21-15-9-4-10-16-21/h2-16,18,22-23H,17H2,1H3/t18-/m1/s1. The zero-order chi connectivity index (χ0) is 16.1. The molecule has 0 unspecified atom stereocenters. The Kier molecular flexibility index (Phi) is 4.91. The number of hydrogen-bond donors (Lipinski definition) is 1. The molecule has 3 aromatic rings. The molecule has 0 saturated heterocycles. The van der Waals surface area contributed by atoms with Crippen molar-refractivity contribution in [3.05, 3.63) is 91.0 Å². The molecule has 2 heteroatoms. The van der Waals surface area contributed by atoms with Gasteiger partial charge in [0.15, 0.2) is 0 Å². The third kappa shape index (κ3) is 3.22. The van der Waals surface area contributed by atoms with Gasteiger partial charge in [0.2, 0.25) is 0 Å². The third-order valence-corrected chi connectivity index (χ3v) is 9.56. The van der Waals surface area contributed by atoms with Gasteiger partial charge in [-0.05, 0) is 0 Å². The molecule has 3 aromatic carbocycles. The van der Waals surface area contributed by atoms with Crippen molar-refractivity contribution in [2.75, 3.05) is 6.16 Å². The Morgan fingerprint density at radius 1 is 0.652 bits per heavy atom. The van der Waals surface area contributed by atoms with Crippen molar-refractivity contribution in [2.24, 2.45) is 0 Å². The van der Waals surface area contributed by atoms with Crippen molar-refractivity contribution in [1.82, 2.24) is 0 Å². The maximum atomic E-state index is 10.3. The van der Waals surface area contributed by atoms with E-state index in [-0.39, 0.29) is 6.10 Å². The van der Waals surface area contributed by atoms with E-state index in [1.54, 1.807) is 0 Å². The second-order valence-electron chi connectivity index (χ2n) is 6.06. The molecule has 0 fully saturated rings. The topological polar surface area (TPSA) is 20.2 Å². The fourth-order valence-electron chi connectivity index (χ4n) is 3.46. The van der Waals surface area contributed by atoms with Gasteiger partial charge in [0, 0.05) is 0 Å². The van der Waals surface area contributed by atoms with Gasteiger partial charge in [0.1, 0.15) is 0 Å². The third-order valence-electron chi connectivity index (χ3n) is 4.40. The first-order valence-electron chi connectivity index (χ1n) is 8.08. The van der Waals surface area contributed by atoms with Gasteiger partial charge < -0.3 is 0 Å². The number of aliphatic hydroxyl groups excluding tert-OH is 1. The molecule has 0 saturated carbocycles. The van der Waals surface area contributed by atoms with Gasteiger partial charge in [0.05, 0.1) is 0 Å². The molecule has 0 spiro atoms. The van der Waals surface area contributed by atoms with Gasteiger partial charge >= 0.3 is 138 Å². The Balaban J connectivity index is 2.30. The first-order chi connectivity index (χ1) is 11.2. The van der Waals surface area contributed by atoms with E-state index in [0.717, 1.165) is 6.16 Å². The molecule has 0 aromatic heterocycles. The van der Waals surface area contributed by atoms with Gasteiger partial charge in [-0.25, -0.2) is 0 Å². The minimum absolute atomic E-state index is 0.345. The summed E-state index contributed by atoms with van der Waals surface area (Å²) in [6.07, 6.45) is 0.438. The van der Waals surface area contributed by atoms with Gasteiger partial charge in [-0.2, -0.15) is 0 Å². The fourth-order valence-corrected chi connectivity index (χ4v) is 8.34. The van der Waals surface area contributed by atoms with Crippen LogP contribution < -0.4 is 15.9 Å². The SMILES string of the molecule is C[C@@H](O)C[PH](c1ccccc1)(c1ccccc1)c1ccccc1. The monoisotopic (exact) mass is 322 g/mol. The van der Waals surface area contributed by atoms with E-state index < -0.39 is 7.26 Å². The number of hydrogen-bond acceptors (Lipinski definition) is 1. The molecule has 23 heavy (non-hydrogen) atoms. The van der Waals surface area contributed by atoms with Crippen LogP contribution in [0.4, 0.5) is 0 Å². The second kappa shape index (κ2) is 7.08. The Labute approximate surface area is 139 Å². The number of aliphatic hydroxyl groups is 1. The fraction of sp³-hybridized carbons (Fsp3) is 0.143. The normalized spacial score (nSPS) is 13.5. The molecule has 1 nitrogen and oxygen atoms in total. The molecule has 1 N–H and O–H groups in total. The van der Waals surface area contributed by atoms with Crippen molar-refractivity contribution in [3.63, 3.8) is 0 Å². The summed E-state index contributed by atoms with van der Waals surface area (Å²) in [5.74, 6) is 0. The van der Waals surface area contributed by atoms with Crippen molar-refractivity contribution in [3.8, 4) is 0 Å². The van der Waals surface area contributed by atoms with E-state index in [0.29, 0.717) is 0 Å². The molecule has 1 atom stereocenters. The quantitative estimate of drug-likeness (QED) is 0.716. The van der Waals surface area contributed by atoms with Gasteiger partial charge in [-0.15, -0.1) is 0 Å². The van der Waals surface area contributed by atoms with E-state index in [1.165, 1.54) is 15.9 Å². The van der Waals surface area contributed by atoms with Gasteiger partial charge in [0.25, 0.3) is 0 Å². The summed E-state index contributed by atoms with van der Waals surface area (Å²) in [5.41, 5.74) is 0. The molecule has 118 valence electrons. The number of rotatable bonds is 5. The van der Waals surface area contributed by atoms with Crippen molar-refractivity contribution < 1.29 is 5.11 Å². The summed E-state index contributed by atoms with van der Waals surface area (Å²) < 4.78 is 0. The van der Waals surface area contributed by atoms with Crippen LogP contribution in [-0.2, 0) is 0 Å². The van der Waals surface area contributed by atoms with E-state index in [1.807, 2.05) is 6.92 Å². The molecule has 0 aliphatic carbocycles. The first kappa shape index (κ1) is 15.9. The van der Waals surface area contributed by atoms with Crippen LogP contribution in [0.2, 0.25) is 0 Å². The Morgan fingerprint density at radius 3 is 1.22 bits per heavy atom. The molecule has 0 amide bonds. The molecular weight excluding hydrogens is 299 g/mol. The van der Waals surface area contributed by atoms with Crippen molar-refractivity contribution in [1.29, 1.82) is 0 Å². The molecule has 0 aliphatic rings. The average molecular weight is 322 g/mol. The second-order valence-corrected chi connectivity index (χ2v) is 10.0. The van der Waals surface area contributed by atoms with E-state index in [4.69, 9.17) is 0 Å². The minimum atomic E-state index is -2.24. The average Bonchev–Trinajstić information content (AvgIpc) is 2.62. The molecular formula is C21H23OP. The molecule has 0 bridgehead atoms. The van der Waals surface area contributed by atoms with Crippen molar-refractivity contribution in [2.45, 2.75) is 13.0 Å².